The molecule has 0 saturated carbocycles. The van der Waals surface area contributed by atoms with Gasteiger partial charge in [-0.3, -0.25) is 0 Å². The van der Waals surface area contributed by atoms with Crippen molar-refractivity contribution in [3.8, 4) is 0 Å². The smallest absolute Gasteiger partial charge is 0.146 e. The molecular weight excluding hydrogens is 324 g/mol. The number of aliphatic hydroxyl groups is 1. The van der Waals surface area contributed by atoms with E-state index < -0.39 is 6.10 Å². The lowest BCUT2D eigenvalue weighted by atomic mass is 10.1. The molecule has 3 rings (SSSR count). The van der Waals surface area contributed by atoms with Gasteiger partial charge in [0.15, 0.2) is 0 Å². The Labute approximate surface area is 123 Å². The van der Waals surface area contributed by atoms with Crippen LogP contribution in [-0.2, 0) is 0 Å². The minimum Gasteiger partial charge on any atom is -0.458 e. The van der Waals surface area contributed by atoms with Crippen molar-refractivity contribution in [3.05, 3.63) is 55.9 Å². The van der Waals surface area contributed by atoms with Gasteiger partial charge >= 0.3 is 0 Å². The highest BCUT2D eigenvalue weighted by Gasteiger charge is 2.18. The van der Waals surface area contributed by atoms with Crippen molar-refractivity contribution in [3.63, 3.8) is 0 Å². The fourth-order valence-corrected chi connectivity index (χ4v) is 3.63. The monoisotopic (exact) mass is 336 g/mol. The van der Waals surface area contributed by atoms with E-state index >= 15 is 0 Å². The molecule has 19 heavy (non-hydrogen) atoms. The molecular formula is C15H13BrO2S. The number of hydrogen-bond donors (Lipinski definition) is 1. The van der Waals surface area contributed by atoms with E-state index in [-0.39, 0.29) is 0 Å². The Balaban J connectivity index is 2.03. The molecule has 0 radical (unpaired) electrons. The molecule has 0 amide bonds. The highest BCUT2D eigenvalue weighted by Crippen LogP contribution is 2.35. The summed E-state index contributed by atoms with van der Waals surface area (Å²) in [5.41, 5.74) is 2.00. The normalized spacial score (nSPS) is 13.1. The van der Waals surface area contributed by atoms with Gasteiger partial charge in [0.25, 0.3) is 0 Å². The van der Waals surface area contributed by atoms with Gasteiger partial charge in [-0.15, -0.1) is 11.3 Å². The van der Waals surface area contributed by atoms with E-state index in [1.165, 1.54) is 5.56 Å². The van der Waals surface area contributed by atoms with Crippen LogP contribution in [0.25, 0.3) is 11.0 Å². The number of hydrogen-bond acceptors (Lipinski definition) is 3. The van der Waals surface area contributed by atoms with Crippen LogP contribution in [0, 0.1) is 13.8 Å². The molecule has 1 unspecified atom stereocenters. The van der Waals surface area contributed by atoms with Crippen LogP contribution in [0.1, 0.15) is 27.2 Å². The molecule has 2 nitrogen and oxygen atoms in total. The quantitative estimate of drug-likeness (QED) is 0.717. The van der Waals surface area contributed by atoms with E-state index in [2.05, 4.69) is 22.0 Å². The van der Waals surface area contributed by atoms with Crippen LogP contribution in [0.15, 0.2) is 39.2 Å². The topological polar surface area (TPSA) is 33.4 Å². The Kier molecular flexibility index (Phi) is 3.25. The summed E-state index contributed by atoms with van der Waals surface area (Å²) in [6.07, 6.45) is -0.706. The summed E-state index contributed by atoms with van der Waals surface area (Å²) in [7, 11) is 0. The third kappa shape index (κ3) is 2.36. The first-order valence-corrected chi connectivity index (χ1v) is 7.59. The van der Waals surface area contributed by atoms with E-state index in [1.807, 2.05) is 38.1 Å². The molecule has 0 aliphatic carbocycles. The van der Waals surface area contributed by atoms with E-state index in [4.69, 9.17) is 4.42 Å². The van der Waals surface area contributed by atoms with Crippen LogP contribution < -0.4 is 0 Å². The van der Waals surface area contributed by atoms with Crippen LogP contribution in [0.4, 0.5) is 0 Å². The first kappa shape index (κ1) is 12.9. The van der Waals surface area contributed by atoms with Gasteiger partial charge in [-0.2, -0.15) is 0 Å². The minimum atomic E-state index is -0.706. The molecule has 2 aromatic heterocycles. The average molecular weight is 337 g/mol. The maximum atomic E-state index is 10.4. The SMILES string of the molecule is Cc1ccc2oc(C(O)c3cc(Br)c(C)s3)cc2c1. The Bertz CT molecular complexity index is 722. The Morgan fingerprint density at radius 2 is 2.00 bits per heavy atom. The maximum absolute atomic E-state index is 10.4. The summed E-state index contributed by atoms with van der Waals surface area (Å²) in [5.74, 6) is 0.592. The summed E-state index contributed by atoms with van der Waals surface area (Å²) in [4.78, 5) is 2.04. The number of rotatable bonds is 2. The molecule has 0 aliphatic heterocycles. The fourth-order valence-electron chi connectivity index (χ4n) is 2.07. The first-order valence-electron chi connectivity index (χ1n) is 5.98. The maximum Gasteiger partial charge on any atom is 0.146 e. The second-order valence-electron chi connectivity index (χ2n) is 4.65. The summed E-state index contributed by atoms with van der Waals surface area (Å²) in [5, 5.41) is 11.4. The van der Waals surface area contributed by atoms with Gasteiger partial charge in [-0.1, -0.05) is 11.6 Å². The van der Waals surface area contributed by atoms with E-state index in [9.17, 15) is 5.11 Å². The van der Waals surface area contributed by atoms with Crippen molar-refractivity contribution in [2.45, 2.75) is 20.0 Å². The first-order chi connectivity index (χ1) is 9.04. The molecule has 0 bridgehead atoms. The summed E-state index contributed by atoms with van der Waals surface area (Å²) < 4.78 is 6.76. The van der Waals surface area contributed by atoms with Crippen molar-refractivity contribution >= 4 is 38.2 Å². The number of aryl methyl sites for hydroxylation is 2. The molecule has 0 aliphatic rings. The molecule has 2 heterocycles. The van der Waals surface area contributed by atoms with Gasteiger partial charge in [0.1, 0.15) is 17.4 Å². The van der Waals surface area contributed by atoms with Crippen molar-refractivity contribution < 1.29 is 9.52 Å². The van der Waals surface area contributed by atoms with Gasteiger partial charge in [0.05, 0.1) is 0 Å². The molecule has 1 N–H and O–H groups in total. The highest BCUT2D eigenvalue weighted by atomic mass is 79.9. The van der Waals surface area contributed by atoms with Crippen LogP contribution >= 0.6 is 27.3 Å². The second kappa shape index (κ2) is 4.78. The summed E-state index contributed by atoms with van der Waals surface area (Å²) >= 11 is 5.04. The number of halogens is 1. The van der Waals surface area contributed by atoms with Gasteiger partial charge in [0, 0.05) is 19.6 Å². The standard InChI is InChI=1S/C15H13BrO2S/c1-8-3-4-12-10(5-8)6-13(18-12)15(17)14-7-11(16)9(2)19-14/h3-7,15,17H,1-2H3. The van der Waals surface area contributed by atoms with Gasteiger partial charge in [0.2, 0.25) is 0 Å². The van der Waals surface area contributed by atoms with Gasteiger partial charge < -0.3 is 9.52 Å². The zero-order valence-corrected chi connectivity index (χ0v) is 13.0. The number of fused-ring (bicyclic) bond motifs is 1. The Morgan fingerprint density at radius 1 is 1.21 bits per heavy atom. The number of furan rings is 1. The Morgan fingerprint density at radius 3 is 2.68 bits per heavy atom. The van der Waals surface area contributed by atoms with Crippen molar-refractivity contribution in [1.82, 2.24) is 0 Å². The lowest BCUT2D eigenvalue weighted by Gasteiger charge is -2.03. The zero-order chi connectivity index (χ0) is 13.6. The molecule has 0 saturated heterocycles. The number of thiophene rings is 1. The molecule has 0 spiro atoms. The lowest BCUT2D eigenvalue weighted by molar-refractivity contribution is 0.196. The molecule has 1 atom stereocenters. The van der Waals surface area contributed by atoms with Crippen LogP contribution in [0.5, 0.6) is 0 Å². The number of aliphatic hydroxyl groups excluding tert-OH is 1. The van der Waals surface area contributed by atoms with Crippen LogP contribution in [0.3, 0.4) is 0 Å². The predicted octanol–water partition coefficient (Wildman–Crippen LogP) is 4.96. The summed E-state index contributed by atoms with van der Waals surface area (Å²) in [6, 6.07) is 9.87. The van der Waals surface area contributed by atoms with Crippen molar-refractivity contribution in [2.24, 2.45) is 0 Å². The fraction of sp³-hybridized carbons (Fsp3) is 0.200. The van der Waals surface area contributed by atoms with Crippen LogP contribution in [-0.4, -0.2) is 5.11 Å². The molecule has 4 heteroatoms. The third-order valence-corrected chi connectivity index (χ3v) is 5.30. The lowest BCUT2D eigenvalue weighted by Crippen LogP contribution is -1.93. The van der Waals surface area contributed by atoms with E-state index in [0.717, 1.165) is 25.2 Å². The average Bonchev–Trinajstić information content (AvgIpc) is 2.92. The molecule has 1 aromatic carbocycles. The van der Waals surface area contributed by atoms with Gasteiger partial charge in [-0.05, 0) is 54.0 Å². The van der Waals surface area contributed by atoms with E-state index in [0.29, 0.717) is 5.76 Å². The Hall–Kier alpha value is -1.10. The second-order valence-corrected chi connectivity index (χ2v) is 6.79. The zero-order valence-electron chi connectivity index (χ0n) is 10.6. The largest absolute Gasteiger partial charge is 0.458 e. The van der Waals surface area contributed by atoms with E-state index in [1.54, 1.807) is 11.3 Å². The predicted molar refractivity (Wildman–Crippen MR) is 81.8 cm³/mol. The highest BCUT2D eigenvalue weighted by molar-refractivity contribution is 9.10. The number of benzene rings is 1. The molecule has 0 fully saturated rings. The van der Waals surface area contributed by atoms with Gasteiger partial charge in [-0.25, -0.2) is 0 Å². The summed E-state index contributed by atoms with van der Waals surface area (Å²) in [6.45, 7) is 4.06. The minimum absolute atomic E-state index is 0.592. The van der Waals surface area contributed by atoms with Crippen molar-refractivity contribution in [2.75, 3.05) is 0 Å². The van der Waals surface area contributed by atoms with Crippen molar-refractivity contribution in [1.29, 1.82) is 0 Å². The third-order valence-electron chi connectivity index (χ3n) is 3.11. The molecule has 98 valence electrons. The molecule has 3 aromatic rings. The van der Waals surface area contributed by atoms with Crippen LogP contribution in [0.2, 0.25) is 0 Å².